The summed E-state index contributed by atoms with van der Waals surface area (Å²) in [6.45, 7) is 2.00. The first-order valence-corrected chi connectivity index (χ1v) is 11.9. The van der Waals surface area contributed by atoms with Crippen LogP contribution in [-0.2, 0) is 4.79 Å². The van der Waals surface area contributed by atoms with Crippen molar-refractivity contribution in [2.24, 2.45) is 5.92 Å². The summed E-state index contributed by atoms with van der Waals surface area (Å²) in [4.78, 5) is 28.9. The van der Waals surface area contributed by atoms with Crippen molar-refractivity contribution in [3.8, 4) is 0 Å². The van der Waals surface area contributed by atoms with Crippen molar-refractivity contribution in [3.05, 3.63) is 90.3 Å². The number of nitrogens with zero attached hydrogens (tertiary/aromatic N) is 1. The summed E-state index contributed by atoms with van der Waals surface area (Å²) in [5.41, 5.74) is 2.84. The molecule has 2 bridgehead atoms. The van der Waals surface area contributed by atoms with E-state index in [4.69, 9.17) is 0 Å². The summed E-state index contributed by atoms with van der Waals surface area (Å²) in [6.07, 6.45) is 6.97. The quantitative estimate of drug-likeness (QED) is 0.449. The lowest BCUT2D eigenvalue weighted by atomic mass is 9.50. The van der Waals surface area contributed by atoms with E-state index in [1.54, 1.807) is 30.3 Å². The molecular weight excluding hydrogens is 432 g/mol. The largest absolute Gasteiger partial charge is 0.343 e. The average molecular weight is 461 g/mol. The number of pyridine rings is 1. The zero-order chi connectivity index (χ0) is 23.1. The molecule has 1 heterocycles. The Balaban J connectivity index is 0.000000318. The second-order valence-corrected chi connectivity index (χ2v) is 9.49. The van der Waals surface area contributed by atoms with Crippen molar-refractivity contribution in [1.82, 2.24) is 15.0 Å². The number of anilines is 1. The van der Waals surface area contributed by atoms with Crippen molar-refractivity contribution in [2.75, 3.05) is 11.9 Å². The van der Waals surface area contributed by atoms with Crippen LogP contribution >= 0.6 is 11.9 Å². The standard InChI is InChI=1S/C19H20N4O2S.C7H8/c24-17(12-21-18(25)14-2-1-7-20-11-14)22-15-3-5-16(6-4-15)26-23-19-8-13(9-19)10-19;1-7-5-3-2-4-6-7/h1-7,11,13,23H,8-10,12H2,(H,21,25)(H,22,24);2-6H,1H3. The maximum Gasteiger partial charge on any atom is 0.253 e. The number of amides is 2. The lowest BCUT2D eigenvalue weighted by Gasteiger charge is -2.61. The molecule has 3 aromatic rings. The third-order valence-corrected chi connectivity index (χ3v) is 6.88. The first-order chi connectivity index (χ1) is 16.0. The number of aromatic nitrogens is 1. The van der Waals surface area contributed by atoms with Gasteiger partial charge in [-0.2, -0.15) is 0 Å². The Bertz CT molecular complexity index is 1060. The van der Waals surface area contributed by atoms with E-state index >= 15 is 0 Å². The van der Waals surface area contributed by atoms with E-state index in [2.05, 4.69) is 39.4 Å². The van der Waals surface area contributed by atoms with Crippen molar-refractivity contribution in [1.29, 1.82) is 0 Å². The Morgan fingerprint density at radius 2 is 1.73 bits per heavy atom. The third kappa shape index (κ3) is 6.43. The molecule has 0 saturated heterocycles. The minimum Gasteiger partial charge on any atom is -0.343 e. The van der Waals surface area contributed by atoms with E-state index in [0.29, 0.717) is 16.8 Å². The molecule has 2 amide bonds. The zero-order valence-electron chi connectivity index (χ0n) is 18.6. The number of benzene rings is 2. The van der Waals surface area contributed by atoms with Gasteiger partial charge in [0.2, 0.25) is 5.91 Å². The summed E-state index contributed by atoms with van der Waals surface area (Å²) in [5, 5.41) is 5.36. The highest BCUT2D eigenvalue weighted by Gasteiger charge is 2.56. The Morgan fingerprint density at radius 3 is 2.27 bits per heavy atom. The van der Waals surface area contributed by atoms with Crippen LogP contribution in [0.1, 0.15) is 35.2 Å². The van der Waals surface area contributed by atoms with Crippen molar-refractivity contribution in [3.63, 3.8) is 0 Å². The average Bonchev–Trinajstić information content (AvgIpc) is 2.78. The van der Waals surface area contributed by atoms with Gasteiger partial charge in [-0.25, -0.2) is 0 Å². The maximum absolute atomic E-state index is 12.0. The highest BCUT2D eigenvalue weighted by Crippen LogP contribution is 2.57. The van der Waals surface area contributed by atoms with Crippen LogP contribution in [0.3, 0.4) is 0 Å². The van der Waals surface area contributed by atoms with Crippen LogP contribution in [-0.4, -0.2) is 28.9 Å². The van der Waals surface area contributed by atoms with E-state index < -0.39 is 0 Å². The Kier molecular flexibility index (Phi) is 7.42. The van der Waals surface area contributed by atoms with E-state index in [0.717, 1.165) is 10.8 Å². The first kappa shape index (κ1) is 23.0. The highest BCUT2D eigenvalue weighted by atomic mass is 32.2. The molecule has 33 heavy (non-hydrogen) atoms. The molecule has 0 aliphatic heterocycles. The minimum absolute atomic E-state index is 0.0878. The Labute approximate surface area is 198 Å². The zero-order valence-corrected chi connectivity index (χ0v) is 19.4. The fourth-order valence-corrected chi connectivity index (χ4v) is 4.73. The van der Waals surface area contributed by atoms with Gasteiger partial charge in [0.25, 0.3) is 5.91 Å². The lowest BCUT2D eigenvalue weighted by molar-refractivity contribution is -0.115. The van der Waals surface area contributed by atoms with Gasteiger partial charge in [-0.05, 0) is 80.5 Å². The van der Waals surface area contributed by atoms with Crippen LogP contribution < -0.4 is 15.4 Å². The maximum atomic E-state index is 12.0. The number of hydrogen-bond donors (Lipinski definition) is 3. The summed E-state index contributed by atoms with van der Waals surface area (Å²) in [6, 6.07) is 21.3. The van der Waals surface area contributed by atoms with E-state index in [9.17, 15) is 9.59 Å². The number of hydrogen-bond acceptors (Lipinski definition) is 5. The molecule has 3 fully saturated rings. The SMILES string of the molecule is Cc1ccccc1.O=C(CNC(=O)c1cccnc1)Nc1ccc(SNC23CC(C2)C3)cc1. The molecule has 3 aliphatic rings. The fourth-order valence-electron chi connectivity index (χ4n) is 3.88. The number of carbonyl (C=O) groups is 2. The number of rotatable bonds is 7. The molecule has 3 aliphatic carbocycles. The van der Waals surface area contributed by atoms with Crippen LogP contribution in [0.25, 0.3) is 0 Å². The van der Waals surface area contributed by atoms with Gasteiger partial charge in [0.05, 0.1) is 12.1 Å². The smallest absolute Gasteiger partial charge is 0.253 e. The normalized spacial score (nSPS) is 19.7. The van der Waals surface area contributed by atoms with Gasteiger partial charge in [0.1, 0.15) is 0 Å². The molecule has 0 unspecified atom stereocenters. The molecule has 0 atom stereocenters. The first-order valence-electron chi connectivity index (χ1n) is 11.1. The predicted molar refractivity (Wildman–Crippen MR) is 132 cm³/mol. The van der Waals surface area contributed by atoms with Gasteiger partial charge in [0.15, 0.2) is 0 Å². The van der Waals surface area contributed by atoms with Gasteiger partial charge in [-0.15, -0.1) is 0 Å². The molecule has 0 spiro atoms. The third-order valence-electron chi connectivity index (χ3n) is 5.84. The summed E-state index contributed by atoms with van der Waals surface area (Å²) >= 11 is 1.65. The van der Waals surface area contributed by atoms with Crippen LogP contribution in [0.4, 0.5) is 5.69 Å². The van der Waals surface area contributed by atoms with Gasteiger partial charge in [0, 0.05) is 28.5 Å². The second-order valence-electron chi connectivity index (χ2n) is 8.61. The molecule has 1 aromatic heterocycles. The topological polar surface area (TPSA) is 83.1 Å². The second kappa shape index (κ2) is 10.6. The van der Waals surface area contributed by atoms with Gasteiger partial charge in [-0.1, -0.05) is 35.9 Å². The summed E-state index contributed by atoms with van der Waals surface area (Å²) < 4.78 is 3.56. The molecule has 0 radical (unpaired) electrons. The molecule has 170 valence electrons. The van der Waals surface area contributed by atoms with Gasteiger partial charge in [-0.3, -0.25) is 19.3 Å². The molecule has 6 nitrogen and oxygen atoms in total. The Morgan fingerprint density at radius 1 is 1.00 bits per heavy atom. The van der Waals surface area contributed by atoms with Gasteiger partial charge < -0.3 is 10.6 Å². The Hall–Kier alpha value is -3.16. The van der Waals surface area contributed by atoms with Crippen LogP contribution in [0.2, 0.25) is 0 Å². The van der Waals surface area contributed by atoms with Crippen molar-refractivity contribution >= 4 is 29.4 Å². The van der Waals surface area contributed by atoms with E-state index in [1.165, 1.54) is 31.0 Å². The number of aryl methyl sites for hydroxylation is 1. The molecule has 6 rings (SSSR count). The van der Waals surface area contributed by atoms with Crippen LogP contribution in [0.15, 0.2) is 84.0 Å². The number of nitrogens with one attached hydrogen (secondary N) is 3. The summed E-state index contributed by atoms with van der Waals surface area (Å²) in [7, 11) is 0. The lowest BCUT2D eigenvalue weighted by Crippen LogP contribution is -2.64. The van der Waals surface area contributed by atoms with Crippen molar-refractivity contribution in [2.45, 2.75) is 36.6 Å². The molecular formula is C26H28N4O2S. The van der Waals surface area contributed by atoms with Crippen LogP contribution in [0, 0.1) is 12.8 Å². The van der Waals surface area contributed by atoms with E-state index in [1.807, 2.05) is 42.5 Å². The molecule has 7 heteroatoms. The minimum atomic E-state index is -0.320. The predicted octanol–water partition coefficient (Wildman–Crippen LogP) is 4.59. The van der Waals surface area contributed by atoms with Gasteiger partial charge >= 0.3 is 0 Å². The molecule has 2 aromatic carbocycles. The fraction of sp³-hybridized carbons (Fsp3) is 0.269. The number of carbonyl (C=O) groups excluding carboxylic acids is 2. The summed E-state index contributed by atoms with van der Waals surface area (Å²) in [5.74, 6) is 0.369. The van der Waals surface area contributed by atoms with E-state index in [-0.39, 0.29) is 18.4 Å². The monoisotopic (exact) mass is 460 g/mol. The molecule has 3 N–H and O–H groups in total. The van der Waals surface area contributed by atoms with Crippen molar-refractivity contribution < 1.29 is 9.59 Å². The van der Waals surface area contributed by atoms with Crippen LogP contribution in [0.5, 0.6) is 0 Å². The highest BCUT2D eigenvalue weighted by molar-refractivity contribution is 7.97. The molecule has 3 saturated carbocycles.